The molecule has 4 nitrogen and oxygen atoms in total. The van der Waals surface area contributed by atoms with Crippen molar-refractivity contribution < 1.29 is 9.13 Å². The van der Waals surface area contributed by atoms with Crippen molar-refractivity contribution in [3.8, 4) is 23.1 Å². The Labute approximate surface area is 116 Å². The normalized spacial score (nSPS) is 9.95. The Morgan fingerprint density at radius 2 is 2.10 bits per heavy atom. The van der Waals surface area contributed by atoms with Crippen molar-refractivity contribution in [1.82, 2.24) is 4.98 Å². The van der Waals surface area contributed by atoms with Gasteiger partial charge < -0.3 is 10.1 Å². The van der Waals surface area contributed by atoms with Crippen LogP contribution in [0.2, 0.25) is 0 Å². The van der Waals surface area contributed by atoms with E-state index in [0.29, 0.717) is 28.4 Å². The Morgan fingerprint density at radius 1 is 1.35 bits per heavy atom. The summed E-state index contributed by atoms with van der Waals surface area (Å²) in [6.45, 7) is 1.83. The molecular formula is C15H14FN3O. The molecule has 102 valence electrons. The molecule has 0 atom stereocenters. The van der Waals surface area contributed by atoms with Gasteiger partial charge in [-0.2, -0.15) is 5.26 Å². The van der Waals surface area contributed by atoms with Crippen molar-refractivity contribution >= 4 is 5.82 Å². The zero-order valence-electron chi connectivity index (χ0n) is 11.5. The molecule has 2 aromatic rings. The number of nitriles is 1. The predicted molar refractivity (Wildman–Crippen MR) is 75.2 cm³/mol. The van der Waals surface area contributed by atoms with E-state index in [-0.39, 0.29) is 5.82 Å². The third-order valence-corrected chi connectivity index (χ3v) is 2.99. The minimum absolute atomic E-state index is 0.364. The second-order valence-electron chi connectivity index (χ2n) is 4.26. The highest BCUT2D eigenvalue weighted by atomic mass is 19.1. The molecule has 0 fully saturated rings. The molecule has 0 amide bonds. The van der Waals surface area contributed by atoms with Crippen LogP contribution >= 0.6 is 0 Å². The number of aromatic nitrogens is 1. The van der Waals surface area contributed by atoms with Crippen molar-refractivity contribution in [3.05, 3.63) is 41.2 Å². The van der Waals surface area contributed by atoms with Crippen molar-refractivity contribution in [3.63, 3.8) is 0 Å². The SMILES string of the molecule is CNc1nc(-c2cc(F)ccc2OC)c(C)cc1C#N. The molecule has 0 saturated heterocycles. The van der Waals surface area contributed by atoms with Crippen molar-refractivity contribution in [2.24, 2.45) is 0 Å². The van der Waals surface area contributed by atoms with Gasteiger partial charge in [0.25, 0.3) is 0 Å². The molecule has 0 aliphatic rings. The molecule has 1 N–H and O–H groups in total. The van der Waals surface area contributed by atoms with Crippen molar-refractivity contribution in [2.45, 2.75) is 6.92 Å². The van der Waals surface area contributed by atoms with Crippen LogP contribution in [0.5, 0.6) is 5.75 Å². The number of benzene rings is 1. The van der Waals surface area contributed by atoms with Gasteiger partial charge in [0.2, 0.25) is 0 Å². The van der Waals surface area contributed by atoms with Gasteiger partial charge in [0.15, 0.2) is 0 Å². The number of halogens is 1. The smallest absolute Gasteiger partial charge is 0.144 e. The lowest BCUT2D eigenvalue weighted by Crippen LogP contribution is -2.01. The monoisotopic (exact) mass is 271 g/mol. The summed E-state index contributed by atoms with van der Waals surface area (Å²) in [5, 5.41) is 11.9. The molecule has 1 aromatic heterocycles. The molecule has 1 aromatic carbocycles. The van der Waals surface area contributed by atoms with Gasteiger partial charge in [-0.1, -0.05) is 0 Å². The second-order valence-corrected chi connectivity index (χ2v) is 4.26. The average molecular weight is 271 g/mol. The molecule has 5 heteroatoms. The van der Waals surface area contributed by atoms with Crippen LogP contribution in [0.25, 0.3) is 11.3 Å². The van der Waals surface area contributed by atoms with Crippen LogP contribution in [-0.4, -0.2) is 19.1 Å². The maximum Gasteiger partial charge on any atom is 0.144 e. The van der Waals surface area contributed by atoms with E-state index >= 15 is 0 Å². The first-order valence-electron chi connectivity index (χ1n) is 6.04. The van der Waals surface area contributed by atoms with E-state index in [0.717, 1.165) is 5.56 Å². The fraction of sp³-hybridized carbons (Fsp3) is 0.200. The molecule has 0 spiro atoms. The standard InChI is InChI=1S/C15H14FN3O/c1-9-6-10(8-17)15(18-2)19-14(9)12-7-11(16)4-5-13(12)20-3/h4-7H,1-3H3,(H,18,19). The first-order chi connectivity index (χ1) is 9.60. The lowest BCUT2D eigenvalue weighted by Gasteiger charge is -2.13. The summed E-state index contributed by atoms with van der Waals surface area (Å²) in [5.74, 6) is 0.630. The van der Waals surface area contributed by atoms with Crippen LogP contribution in [0.3, 0.4) is 0 Å². The Hall–Kier alpha value is -2.61. The number of methoxy groups -OCH3 is 1. The Bertz CT molecular complexity index is 692. The van der Waals surface area contributed by atoms with E-state index < -0.39 is 0 Å². The van der Waals surface area contributed by atoms with E-state index in [1.165, 1.54) is 19.2 Å². The lowest BCUT2D eigenvalue weighted by atomic mass is 10.0. The van der Waals surface area contributed by atoms with Crippen molar-refractivity contribution in [1.29, 1.82) is 5.26 Å². The zero-order chi connectivity index (χ0) is 14.7. The highest BCUT2D eigenvalue weighted by molar-refractivity contribution is 5.73. The zero-order valence-corrected chi connectivity index (χ0v) is 11.5. The molecule has 0 saturated carbocycles. The number of anilines is 1. The van der Waals surface area contributed by atoms with Gasteiger partial charge in [-0.15, -0.1) is 0 Å². The number of nitrogens with one attached hydrogen (secondary N) is 1. The van der Waals surface area contributed by atoms with Crippen LogP contribution in [-0.2, 0) is 0 Å². The summed E-state index contributed by atoms with van der Waals surface area (Å²) >= 11 is 0. The highest BCUT2D eigenvalue weighted by Gasteiger charge is 2.14. The van der Waals surface area contributed by atoms with Gasteiger partial charge >= 0.3 is 0 Å². The van der Waals surface area contributed by atoms with Crippen LogP contribution < -0.4 is 10.1 Å². The molecule has 0 radical (unpaired) electrons. The van der Waals surface area contributed by atoms with Gasteiger partial charge in [0.05, 0.1) is 18.4 Å². The highest BCUT2D eigenvalue weighted by Crippen LogP contribution is 2.33. The average Bonchev–Trinajstić information content (AvgIpc) is 2.46. The topological polar surface area (TPSA) is 57.9 Å². The second kappa shape index (κ2) is 5.57. The molecule has 1 heterocycles. The molecule has 0 aliphatic heterocycles. The maximum atomic E-state index is 13.5. The minimum Gasteiger partial charge on any atom is -0.496 e. The van der Waals surface area contributed by atoms with E-state index in [4.69, 9.17) is 10.00 Å². The Kier molecular flexibility index (Phi) is 3.85. The predicted octanol–water partition coefficient (Wildman–Crippen LogP) is 3.12. The summed E-state index contributed by atoms with van der Waals surface area (Å²) in [6.07, 6.45) is 0. The molecule has 20 heavy (non-hydrogen) atoms. The Balaban J connectivity index is 2.70. The van der Waals surface area contributed by atoms with Crippen LogP contribution in [0.15, 0.2) is 24.3 Å². The van der Waals surface area contributed by atoms with Crippen molar-refractivity contribution in [2.75, 3.05) is 19.5 Å². The molecule has 0 bridgehead atoms. The lowest BCUT2D eigenvalue weighted by molar-refractivity contribution is 0.415. The van der Waals surface area contributed by atoms with Gasteiger partial charge in [-0.3, -0.25) is 0 Å². The quantitative estimate of drug-likeness (QED) is 0.931. The van der Waals surface area contributed by atoms with Crippen LogP contribution in [0, 0.1) is 24.1 Å². The number of nitrogens with zero attached hydrogens (tertiary/aromatic N) is 2. The maximum absolute atomic E-state index is 13.5. The molecular weight excluding hydrogens is 257 g/mol. The fourth-order valence-corrected chi connectivity index (χ4v) is 2.03. The molecule has 0 unspecified atom stereocenters. The first kappa shape index (κ1) is 13.8. The summed E-state index contributed by atoms with van der Waals surface area (Å²) in [4.78, 5) is 4.40. The van der Waals surface area contributed by atoms with Crippen LogP contribution in [0.4, 0.5) is 10.2 Å². The third kappa shape index (κ3) is 2.41. The summed E-state index contributed by atoms with van der Waals surface area (Å²) < 4.78 is 18.7. The largest absolute Gasteiger partial charge is 0.496 e. The number of pyridine rings is 1. The summed E-state index contributed by atoms with van der Waals surface area (Å²) in [7, 11) is 3.21. The first-order valence-corrected chi connectivity index (χ1v) is 6.04. The number of hydrogen-bond donors (Lipinski definition) is 1. The summed E-state index contributed by atoms with van der Waals surface area (Å²) in [6, 6.07) is 8.06. The van der Waals surface area contributed by atoms with E-state index in [1.807, 2.05) is 6.92 Å². The van der Waals surface area contributed by atoms with E-state index in [2.05, 4.69) is 16.4 Å². The van der Waals surface area contributed by atoms with E-state index in [9.17, 15) is 4.39 Å². The Morgan fingerprint density at radius 3 is 2.70 bits per heavy atom. The summed E-state index contributed by atoms with van der Waals surface area (Å²) in [5.41, 5.74) is 2.38. The number of rotatable bonds is 3. The van der Waals surface area contributed by atoms with Gasteiger partial charge in [0, 0.05) is 12.6 Å². The molecule has 0 aliphatic carbocycles. The molecule has 2 rings (SSSR count). The van der Waals surface area contributed by atoms with Crippen LogP contribution in [0.1, 0.15) is 11.1 Å². The van der Waals surface area contributed by atoms with Gasteiger partial charge in [-0.25, -0.2) is 9.37 Å². The number of aryl methyl sites for hydroxylation is 1. The minimum atomic E-state index is -0.364. The van der Waals surface area contributed by atoms with Gasteiger partial charge in [0.1, 0.15) is 23.5 Å². The fourth-order valence-electron chi connectivity index (χ4n) is 2.03. The van der Waals surface area contributed by atoms with Gasteiger partial charge in [-0.05, 0) is 36.8 Å². The third-order valence-electron chi connectivity index (χ3n) is 2.99. The number of ether oxygens (including phenoxy) is 1. The van der Waals surface area contributed by atoms with E-state index in [1.54, 1.807) is 19.2 Å². The number of hydrogen-bond acceptors (Lipinski definition) is 4.